The monoisotopic (exact) mass is 398 g/mol. The van der Waals surface area contributed by atoms with E-state index < -0.39 is 4.92 Å². The van der Waals surface area contributed by atoms with E-state index in [0.29, 0.717) is 36.1 Å². The molecular formula is C22H26N2O5. The average molecular weight is 398 g/mol. The van der Waals surface area contributed by atoms with Crippen molar-refractivity contribution in [1.29, 1.82) is 0 Å². The van der Waals surface area contributed by atoms with E-state index in [1.54, 1.807) is 25.3 Å². The maximum atomic E-state index is 12.0. The first-order valence-electron chi connectivity index (χ1n) is 9.39. The lowest BCUT2D eigenvalue weighted by atomic mass is 10.1. The lowest BCUT2D eigenvalue weighted by Crippen LogP contribution is -2.20. The molecule has 29 heavy (non-hydrogen) atoms. The van der Waals surface area contributed by atoms with Crippen molar-refractivity contribution in [3.05, 3.63) is 69.8 Å². The summed E-state index contributed by atoms with van der Waals surface area (Å²) in [5.41, 5.74) is 1.60. The normalized spacial score (nSPS) is 10.9. The van der Waals surface area contributed by atoms with Gasteiger partial charge in [-0.3, -0.25) is 14.9 Å². The summed E-state index contributed by atoms with van der Waals surface area (Å²) in [6.07, 6.45) is 3.95. The molecule has 0 bridgehead atoms. The number of rotatable bonds is 10. The molecule has 1 N–H and O–H groups in total. The molecule has 2 aromatic rings. The van der Waals surface area contributed by atoms with Crippen LogP contribution in [0.1, 0.15) is 31.4 Å². The van der Waals surface area contributed by atoms with E-state index in [0.717, 1.165) is 12.0 Å². The number of methoxy groups -OCH3 is 1. The Bertz CT molecular complexity index is 860. The van der Waals surface area contributed by atoms with Crippen LogP contribution in [0.15, 0.2) is 48.5 Å². The van der Waals surface area contributed by atoms with E-state index in [9.17, 15) is 14.9 Å². The van der Waals surface area contributed by atoms with Gasteiger partial charge in [-0.05, 0) is 53.8 Å². The molecule has 0 saturated heterocycles. The molecule has 2 rings (SSSR count). The van der Waals surface area contributed by atoms with Crippen molar-refractivity contribution >= 4 is 17.7 Å². The molecule has 0 heterocycles. The zero-order valence-corrected chi connectivity index (χ0v) is 16.9. The number of hydrogen-bond donors (Lipinski definition) is 1. The highest BCUT2D eigenvalue weighted by atomic mass is 16.6. The molecule has 0 aliphatic heterocycles. The van der Waals surface area contributed by atoms with E-state index in [4.69, 9.17) is 9.47 Å². The summed E-state index contributed by atoms with van der Waals surface area (Å²) in [6.45, 7) is 5.24. The van der Waals surface area contributed by atoms with E-state index in [2.05, 4.69) is 19.2 Å². The number of amides is 1. The van der Waals surface area contributed by atoms with Crippen molar-refractivity contribution < 1.29 is 19.2 Å². The van der Waals surface area contributed by atoms with Crippen molar-refractivity contribution in [3.63, 3.8) is 0 Å². The number of hydrogen-bond acceptors (Lipinski definition) is 5. The fourth-order valence-corrected chi connectivity index (χ4v) is 2.47. The zero-order chi connectivity index (χ0) is 21.2. The summed E-state index contributed by atoms with van der Waals surface area (Å²) >= 11 is 0. The van der Waals surface area contributed by atoms with Gasteiger partial charge in [0.25, 0.3) is 5.69 Å². The summed E-state index contributed by atoms with van der Waals surface area (Å²) in [5.74, 6) is 1.61. The number of nitrogens with one attached hydrogen (secondary N) is 1. The van der Waals surface area contributed by atoms with Crippen LogP contribution in [0.25, 0.3) is 6.08 Å². The van der Waals surface area contributed by atoms with Crippen molar-refractivity contribution in [2.45, 2.75) is 26.8 Å². The van der Waals surface area contributed by atoms with Gasteiger partial charge < -0.3 is 14.8 Å². The Morgan fingerprint density at radius 3 is 2.52 bits per heavy atom. The summed E-state index contributed by atoms with van der Waals surface area (Å²) in [7, 11) is 1.58. The second-order valence-corrected chi connectivity index (χ2v) is 6.92. The lowest BCUT2D eigenvalue weighted by Gasteiger charge is -2.13. The fraction of sp³-hybridized carbons (Fsp3) is 0.318. The Morgan fingerprint density at radius 1 is 1.17 bits per heavy atom. The highest BCUT2D eigenvalue weighted by Gasteiger charge is 2.07. The first kappa shape index (κ1) is 21.9. The first-order valence-corrected chi connectivity index (χ1v) is 9.39. The maximum absolute atomic E-state index is 12.0. The fourth-order valence-electron chi connectivity index (χ4n) is 2.47. The molecule has 0 saturated carbocycles. The molecule has 0 radical (unpaired) electrons. The Labute approximate surface area is 170 Å². The minimum absolute atomic E-state index is 0.0113. The van der Waals surface area contributed by atoms with Crippen molar-refractivity contribution in [2.24, 2.45) is 5.92 Å². The molecule has 0 fully saturated rings. The van der Waals surface area contributed by atoms with Crippen LogP contribution in [0.3, 0.4) is 0 Å². The summed E-state index contributed by atoms with van der Waals surface area (Å²) < 4.78 is 11.1. The number of non-ortho nitro benzene ring substituents is 1. The molecule has 7 heteroatoms. The highest BCUT2D eigenvalue weighted by Crippen LogP contribution is 2.28. The minimum atomic E-state index is -0.463. The van der Waals surface area contributed by atoms with Crippen LogP contribution in [0.5, 0.6) is 11.5 Å². The summed E-state index contributed by atoms with van der Waals surface area (Å²) in [4.78, 5) is 22.2. The average Bonchev–Trinajstić information content (AvgIpc) is 2.71. The molecule has 0 aliphatic carbocycles. The van der Waals surface area contributed by atoms with E-state index >= 15 is 0 Å². The van der Waals surface area contributed by atoms with Crippen molar-refractivity contribution in [2.75, 3.05) is 13.7 Å². The largest absolute Gasteiger partial charge is 0.493 e. The Kier molecular flexibility index (Phi) is 8.21. The Balaban J connectivity index is 1.89. The molecule has 1 amide bonds. The molecule has 0 unspecified atom stereocenters. The highest BCUT2D eigenvalue weighted by molar-refractivity contribution is 5.91. The van der Waals surface area contributed by atoms with Gasteiger partial charge in [0.15, 0.2) is 11.5 Å². The van der Waals surface area contributed by atoms with Crippen LogP contribution in [-0.4, -0.2) is 24.5 Å². The number of ether oxygens (including phenoxy) is 2. The molecule has 0 aliphatic rings. The predicted molar refractivity (Wildman–Crippen MR) is 112 cm³/mol. The Hall–Kier alpha value is -3.35. The smallest absolute Gasteiger partial charge is 0.269 e. The van der Waals surface area contributed by atoms with Gasteiger partial charge in [0.1, 0.15) is 0 Å². The number of nitro benzene ring substituents is 1. The minimum Gasteiger partial charge on any atom is -0.493 e. The van der Waals surface area contributed by atoms with Crippen LogP contribution in [-0.2, 0) is 11.3 Å². The molecule has 154 valence electrons. The molecule has 2 aromatic carbocycles. The quantitative estimate of drug-likeness (QED) is 0.365. The summed E-state index contributed by atoms with van der Waals surface area (Å²) in [6, 6.07) is 11.5. The molecule has 0 spiro atoms. The van der Waals surface area contributed by atoms with E-state index in [-0.39, 0.29) is 11.6 Å². The third kappa shape index (κ3) is 7.29. The second-order valence-electron chi connectivity index (χ2n) is 6.92. The third-order valence-electron chi connectivity index (χ3n) is 4.18. The molecule has 7 nitrogen and oxygen atoms in total. The van der Waals surface area contributed by atoms with Gasteiger partial charge in [-0.2, -0.15) is 0 Å². The first-order chi connectivity index (χ1) is 13.9. The second kappa shape index (κ2) is 10.8. The number of nitrogens with zero attached hydrogens (tertiary/aromatic N) is 1. The number of nitro groups is 1. The maximum Gasteiger partial charge on any atom is 0.269 e. The van der Waals surface area contributed by atoms with Gasteiger partial charge >= 0.3 is 0 Å². The van der Waals surface area contributed by atoms with Crippen LogP contribution < -0.4 is 14.8 Å². The SMILES string of the molecule is COc1cc(CNC(=O)/C=C/c2ccc([N+](=O)[O-])cc2)ccc1OCCC(C)C. The van der Waals surface area contributed by atoms with Crippen LogP contribution >= 0.6 is 0 Å². The van der Waals surface area contributed by atoms with Crippen LogP contribution in [0.2, 0.25) is 0 Å². The van der Waals surface area contributed by atoms with Gasteiger partial charge in [-0.15, -0.1) is 0 Å². The number of benzene rings is 2. The standard InChI is InChI=1S/C22H26N2O5/c1-16(2)12-13-29-20-10-6-18(14-21(20)28-3)15-23-22(25)11-7-17-4-8-19(9-5-17)24(26)27/h4-11,14,16H,12-13,15H2,1-3H3,(H,23,25)/b11-7+. The van der Waals surface area contributed by atoms with E-state index in [1.165, 1.54) is 18.2 Å². The topological polar surface area (TPSA) is 90.7 Å². The van der Waals surface area contributed by atoms with Gasteiger partial charge in [0, 0.05) is 24.8 Å². The molecule has 0 aromatic heterocycles. The van der Waals surface area contributed by atoms with Crippen LogP contribution in [0.4, 0.5) is 5.69 Å². The van der Waals surface area contributed by atoms with Crippen molar-refractivity contribution in [1.82, 2.24) is 5.32 Å². The van der Waals surface area contributed by atoms with Gasteiger partial charge in [-0.1, -0.05) is 19.9 Å². The van der Waals surface area contributed by atoms with E-state index in [1.807, 2.05) is 18.2 Å². The molecule has 0 atom stereocenters. The third-order valence-corrected chi connectivity index (χ3v) is 4.18. The molecular weight excluding hydrogens is 372 g/mol. The van der Waals surface area contributed by atoms with Crippen LogP contribution in [0, 0.1) is 16.0 Å². The lowest BCUT2D eigenvalue weighted by molar-refractivity contribution is -0.384. The zero-order valence-electron chi connectivity index (χ0n) is 16.9. The summed E-state index contributed by atoms with van der Waals surface area (Å²) in [5, 5.41) is 13.4. The van der Waals surface area contributed by atoms with Gasteiger partial charge in [-0.25, -0.2) is 0 Å². The van der Waals surface area contributed by atoms with Crippen molar-refractivity contribution in [3.8, 4) is 11.5 Å². The predicted octanol–water partition coefficient (Wildman–Crippen LogP) is 4.36. The Morgan fingerprint density at radius 2 is 1.90 bits per heavy atom. The van der Waals surface area contributed by atoms with Gasteiger partial charge in [0.05, 0.1) is 18.6 Å². The number of carbonyl (C=O) groups is 1. The van der Waals surface area contributed by atoms with Gasteiger partial charge in [0.2, 0.25) is 5.91 Å². The number of carbonyl (C=O) groups excluding carboxylic acids is 1.